The van der Waals surface area contributed by atoms with Crippen molar-refractivity contribution in [2.75, 3.05) is 43.5 Å². The predicted molar refractivity (Wildman–Crippen MR) is 124 cm³/mol. The molecule has 0 aliphatic carbocycles. The summed E-state index contributed by atoms with van der Waals surface area (Å²) in [4.78, 5) is 38.5. The van der Waals surface area contributed by atoms with Crippen molar-refractivity contribution in [1.82, 2.24) is 19.4 Å². The van der Waals surface area contributed by atoms with E-state index in [1.165, 1.54) is 0 Å². The Labute approximate surface area is 186 Å². The molecule has 1 aliphatic heterocycles. The average Bonchev–Trinajstić information content (AvgIpc) is 2.81. The van der Waals surface area contributed by atoms with Crippen LogP contribution in [-0.2, 0) is 6.54 Å². The van der Waals surface area contributed by atoms with Crippen LogP contribution in [0.2, 0.25) is 0 Å². The number of ether oxygens (including phenoxy) is 1. The van der Waals surface area contributed by atoms with Crippen LogP contribution in [0.1, 0.15) is 13.8 Å². The molecule has 2 amide bonds. The third-order valence-corrected chi connectivity index (χ3v) is 5.49. The highest BCUT2D eigenvalue weighted by Gasteiger charge is 2.25. The zero-order chi connectivity index (χ0) is 22.7. The zero-order valence-corrected chi connectivity index (χ0v) is 18.6. The second kappa shape index (κ2) is 9.25. The molecule has 32 heavy (non-hydrogen) atoms. The van der Waals surface area contributed by atoms with Gasteiger partial charge in [0.15, 0.2) is 5.82 Å². The van der Waals surface area contributed by atoms with Gasteiger partial charge in [-0.25, -0.2) is 9.78 Å². The average molecular weight is 437 g/mol. The Morgan fingerprint density at radius 2 is 1.91 bits per heavy atom. The van der Waals surface area contributed by atoms with Crippen LogP contribution < -0.4 is 20.5 Å². The number of pyridine rings is 1. The van der Waals surface area contributed by atoms with E-state index in [9.17, 15) is 9.59 Å². The van der Waals surface area contributed by atoms with E-state index >= 15 is 0 Å². The summed E-state index contributed by atoms with van der Waals surface area (Å²) in [7, 11) is 1.57. The van der Waals surface area contributed by atoms with Gasteiger partial charge in [0.25, 0.3) is 5.56 Å². The first-order valence-electron chi connectivity index (χ1n) is 10.8. The Morgan fingerprint density at radius 3 is 2.62 bits per heavy atom. The van der Waals surface area contributed by atoms with Crippen molar-refractivity contribution in [3.63, 3.8) is 0 Å². The fraction of sp³-hybridized carbons (Fsp3) is 0.391. The molecule has 0 bridgehead atoms. The standard InChI is InChI=1S/C23H28N6O3/c1-16(2)15-29-19-14-24-9-8-17(19)25-21(22(29)30)27-10-12-28(13-11-27)23(31)26-18-6-4-5-7-20(18)32-3/h4-9,14,16H,10-13,15H2,1-3H3,(H,26,31). The molecule has 0 spiro atoms. The van der Waals surface area contributed by atoms with Crippen molar-refractivity contribution in [3.8, 4) is 5.75 Å². The van der Waals surface area contributed by atoms with Gasteiger partial charge in [-0.3, -0.25) is 9.78 Å². The summed E-state index contributed by atoms with van der Waals surface area (Å²) in [6.07, 6.45) is 3.37. The topological polar surface area (TPSA) is 92.6 Å². The first-order chi connectivity index (χ1) is 15.5. The minimum absolute atomic E-state index is 0.119. The second-order valence-corrected chi connectivity index (χ2v) is 8.21. The molecule has 1 aromatic carbocycles. The number of amides is 2. The highest BCUT2D eigenvalue weighted by atomic mass is 16.5. The number of carbonyl (C=O) groups excluding carboxylic acids is 1. The molecular formula is C23H28N6O3. The largest absolute Gasteiger partial charge is 0.495 e. The van der Waals surface area contributed by atoms with Crippen LogP contribution in [0.5, 0.6) is 5.75 Å². The minimum atomic E-state index is -0.191. The molecule has 168 valence electrons. The van der Waals surface area contributed by atoms with Gasteiger partial charge >= 0.3 is 6.03 Å². The van der Waals surface area contributed by atoms with E-state index in [-0.39, 0.29) is 11.6 Å². The number of nitrogens with one attached hydrogen (secondary N) is 1. The number of hydrogen-bond acceptors (Lipinski definition) is 6. The SMILES string of the molecule is COc1ccccc1NC(=O)N1CCN(c2nc3ccncc3n(CC(C)C)c2=O)CC1. The van der Waals surface area contributed by atoms with E-state index < -0.39 is 0 Å². The molecule has 9 nitrogen and oxygen atoms in total. The van der Waals surface area contributed by atoms with E-state index in [0.29, 0.717) is 55.9 Å². The third-order valence-electron chi connectivity index (χ3n) is 5.49. The van der Waals surface area contributed by atoms with Crippen molar-refractivity contribution in [1.29, 1.82) is 0 Å². The summed E-state index contributed by atoms with van der Waals surface area (Å²) < 4.78 is 7.06. The Hall–Kier alpha value is -3.62. The Morgan fingerprint density at radius 1 is 1.16 bits per heavy atom. The lowest BCUT2D eigenvalue weighted by Gasteiger charge is -2.35. The van der Waals surface area contributed by atoms with Gasteiger partial charge in [-0.05, 0) is 24.1 Å². The molecule has 2 aromatic heterocycles. The number of hydrogen-bond donors (Lipinski definition) is 1. The highest BCUT2D eigenvalue weighted by molar-refractivity contribution is 5.91. The Kier molecular flexibility index (Phi) is 6.25. The molecule has 1 fully saturated rings. The van der Waals surface area contributed by atoms with Crippen LogP contribution in [0.4, 0.5) is 16.3 Å². The zero-order valence-electron chi connectivity index (χ0n) is 18.6. The van der Waals surface area contributed by atoms with E-state index in [1.54, 1.807) is 41.1 Å². The summed E-state index contributed by atoms with van der Waals surface area (Å²) in [5.41, 5.74) is 1.99. The molecule has 3 aromatic rings. The first kappa shape index (κ1) is 21.6. The summed E-state index contributed by atoms with van der Waals surface area (Å²) >= 11 is 0. The van der Waals surface area contributed by atoms with Crippen LogP contribution in [0.3, 0.4) is 0 Å². The minimum Gasteiger partial charge on any atom is -0.495 e. The van der Waals surface area contributed by atoms with E-state index in [1.807, 2.05) is 23.1 Å². The predicted octanol–water partition coefficient (Wildman–Crippen LogP) is 2.81. The van der Waals surface area contributed by atoms with Gasteiger partial charge in [-0.15, -0.1) is 0 Å². The molecule has 0 atom stereocenters. The molecule has 3 heterocycles. The van der Waals surface area contributed by atoms with Crippen LogP contribution in [0.15, 0.2) is 47.5 Å². The third kappa shape index (κ3) is 4.37. The van der Waals surface area contributed by atoms with Gasteiger partial charge < -0.3 is 24.4 Å². The smallest absolute Gasteiger partial charge is 0.322 e. The second-order valence-electron chi connectivity index (χ2n) is 8.21. The molecule has 1 saturated heterocycles. The van der Waals surface area contributed by atoms with Gasteiger partial charge in [0.05, 0.1) is 30.0 Å². The number of methoxy groups -OCH3 is 1. The lowest BCUT2D eigenvalue weighted by atomic mass is 10.2. The monoisotopic (exact) mass is 436 g/mol. The lowest BCUT2D eigenvalue weighted by molar-refractivity contribution is 0.208. The van der Waals surface area contributed by atoms with Gasteiger partial charge in [0.1, 0.15) is 5.75 Å². The van der Waals surface area contributed by atoms with Crippen molar-refractivity contribution in [3.05, 3.63) is 53.1 Å². The lowest BCUT2D eigenvalue weighted by Crippen LogP contribution is -2.51. The van der Waals surface area contributed by atoms with Crippen molar-refractivity contribution >= 4 is 28.6 Å². The number of piperazine rings is 1. The van der Waals surface area contributed by atoms with Crippen LogP contribution >= 0.6 is 0 Å². The Bertz CT molecular complexity index is 1170. The molecule has 4 rings (SSSR count). The summed E-state index contributed by atoms with van der Waals surface area (Å²) in [5.74, 6) is 1.34. The van der Waals surface area contributed by atoms with E-state index in [2.05, 4.69) is 29.1 Å². The van der Waals surface area contributed by atoms with Crippen LogP contribution in [-0.4, -0.2) is 58.8 Å². The van der Waals surface area contributed by atoms with E-state index in [0.717, 1.165) is 11.0 Å². The molecule has 0 radical (unpaired) electrons. The first-order valence-corrected chi connectivity index (χ1v) is 10.8. The van der Waals surface area contributed by atoms with Crippen molar-refractivity contribution in [2.45, 2.75) is 20.4 Å². The maximum Gasteiger partial charge on any atom is 0.322 e. The summed E-state index contributed by atoms with van der Waals surface area (Å²) in [6.45, 7) is 6.78. The molecule has 1 aliphatic rings. The molecule has 0 unspecified atom stereocenters. The molecule has 9 heteroatoms. The summed E-state index contributed by atoms with van der Waals surface area (Å²) in [5, 5.41) is 2.91. The highest BCUT2D eigenvalue weighted by Crippen LogP contribution is 2.24. The Balaban J connectivity index is 1.51. The molecular weight excluding hydrogens is 408 g/mol. The maximum absolute atomic E-state index is 13.3. The quantitative estimate of drug-likeness (QED) is 0.661. The fourth-order valence-electron chi connectivity index (χ4n) is 3.89. The molecule has 0 saturated carbocycles. The molecule has 1 N–H and O–H groups in total. The number of urea groups is 1. The van der Waals surface area contributed by atoms with Crippen LogP contribution in [0.25, 0.3) is 11.0 Å². The summed E-state index contributed by atoms with van der Waals surface area (Å²) in [6, 6.07) is 8.94. The van der Waals surface area contributed by atoms with Crippen molar-refractivity contribution in [2.24, 2.45) is 5.92 Å². The normalized spacial score (nSPS) is 14.1. The number of benzene rings is 1. The van der Waals surface area contributed by atoms with Gasteiger partial charge in [-0.1, -0.05) is 26.0 Å². The van der Waals surface area contributed by atoms with Gasteiger partial charge in [0.2, 0.25) is 0 Å². The number of aromatic nitrogens is 3. The number of para-hydroxylation sites is 2. The fourth-order valence-corrected chi connectivity index (χ4v) is 3.89. The van der Waals surface area contributed by atoms with Gasteiger partial charge in [-0.2, -0.15) is 0 Å². The number of nitrogens with zero attached hydrogens (tertiary/aromatic N) is 5. The number of carbonyl (C=O) groups is 1. The number of fused-ring (bicyclic) bond motifs is 1. The maximum atomic E-state index is 13.3. The van der Waals surface area contributed by atoms with Crippen molar-refractivity contribution < 1.29 is 9.53 Å². The number of anilines is 2. The van der Waals surface area contributed by atoms with Crippen LogP contribution in [0, 0.1) is 5.92 Å². The number of rotatable bonds is 5. The van der Waals surface area contributed by atoms with Gasteiger partial charge in [0, 0.05) is 38.9 Å². The van der Waals surface area contributed by atoms with E-state index in [4.69, 9.17) is 4.74 Å².